The molecule has 0 aromatic rings. The largest absolute Gasteiger partial charge is 0.393 e. The van der Waals surface area contributed by atoms with Gasteiger partial charge >= 0.3 is 8.25 Å². The highest BCUT2D eigenvalue weighted by Gasteiger charge is 2.60. The first kappa shape index (κ1) is 11.0. The van der Waals surface area contributed by atoms with Gasteiger partial charge in [0.25, 0.3) is 0 Å². The number of thioether (sulfide) groups is 1. The van der Waals surface area contributed by atoms with Crippen molar-refractivity contribution in [3.8, 4) is 0 Å². The van der Waals surface area contributed by atoms with Gasteiger partial charge in [-0.15, -0.1) is 0 Å². The van der Waals surface area contributed by atoms with Crippen molar-refractivity contribution in [2.75, 3.05) is 12.4 Å². The van der Waals surface area contributed by atoms with Gasteiger partial charge in [-0.1, -0.05) is 0 Å². The molecule has 2 N–H and O–H groups in total. The van der Waals surface area contributed by atoms with E-state index in [4.69, 9.17) is 14.2 Å². The summed E-state index contributed by atoms with van der Waals surface area (Å²) in [6.45, 7) is -0.166. The number of rotatable bonds is 3. The topological polar surface area (TPSA) is 76.0 Å². The zero-order valence-corrected chi connectivity index (χ0v) is 9.49. The zero-order valence-electron chi connectivity index (χ0n) is 7.67. The molecule has 2 saturated heterocycles. The molecule has 2 rings (SSSR count). The highest BCUT2D eigenvalue weighted by atomic mass is 32.2. The minimum absolute atomic E-state index is 0.0350. The smallest absolute Gasteiger partial charge is 0.316 e. The predicted octanol–water partition coefficient (Wildman–Crippen LogP) is -1.41. The summed E-state index contributed by atoms with van der Waals surface area (Å²) in [6.07, 6.45) is -0.455. The zero-order chi connectivity index (χ0) is 10.3. The van der Waals surface area contributed by atoms with E-state index in [0.29, 0.717) is 5.75 Å². The summed E-state index contributed by atoms with van der Waals surface area (Å²) in [5.41, 5.74) is -0.766. The summed E-state index contributed by atoms with van der Waals surface area (Å²) in [7, 11) is -1.08. The molecule has 0 spiro atoms. The molecule has 0 radical (unpaired) electrons. The summed E-state index contributed by atoms with van der Waals surface area (Å²) in [6, 6.07) is -0.0350. The Bertz CT molecular complexity index is 267. The average molecular weight is 238 g/mol. The van der Waals surface area contributed by atoms with Gasteiger partial charge in [-0.05, 0) is 0 Å². The van der Waals surface area contributed by atoms with Gasteiger partial charge in [0.1, 0.15) is 19.6 Å². The van der Waals surface area contributed by atoms with Crippen LogP contribution in [-0.4, -0.2) is 53.2 Å². The van der Waals surface area contributed by atoms with Crippen molar-refractivity contribution in [3.05, 3.63) is 0 Å². The Labute approximate surface area is 87.5 Å². The van der Waals surface area contributed by atoms with Gasteiger partial charge in [-0.2, -0.15) is 11.8 Å². The van der Waals surface area contributed by atoms with E-state index in [1.54, 1.807) is 11.8 Å². The molecule has 14 heavy (non-hydrogen) atoms. The number of aliphatic hydroxyl groups excluding tert-OH is 1. The second-order valence-electron chi connectivity index (χ2n) is 3.63. The standard InChI is InChI=1S/C6H12BO5PS/c7-5-3-4(12-13(9)10)6(1-8,11-5)2-14-3/h3-5,8,13H,1-2,7H2,(H,9,10)/t3?,4?,5-,6+/m1/s1. The van der Waals surface area contributed by atoms with E-state index in [2.05, 4.69) is 0 Å². The minimum atomic E-state index is -2.97. The minimum Gasteiger partial charge on any atom is -0.393 e. The van der Waals surface area contributed by atoms with Crippen molar-refractivity contribution >= 4 is 27.9 Å². The quantitative estimate of drug-likeness (QED) is 0.464. The van der Waals surface area contributed by atoms with Gasteiger partial charge in [-0.25, -0.2) is 0 Å². The van der Waals surface area contributed by atoms with Crippen molar-refractivity contribution in [2.24, 2.45) is 0 Å². The molecule has 0 aromatic heterocycles. The van der Waals surface area contributed by atoms with Gasteiger partial charge < -0.3 is 19.3 Å². The average Bonchev–Trinajstić information content (AvgIpc) is 2.57. The van der Waals surface area contributed by atoms with Crippen LogP contribution in [0, 0.1) is 0 Å². The van der Waals surface area contributed by atoms with Crippen LogP contribution in [0.25, 0.3) is 0 Å². The summed E-state index contributed by atoms with van der Waals surface area (Å²) in [5, 5.41) is 9.31. The maximum atomic E-state index is 10.7. The fourth-order valence-corrected chi connectivity index (χ4v) is 4.36. The molecule has 0 amide bonds. The van der Waals surface area contributed by atoms with Crippen molar-refractivity contribution in [1.82, 2.24) is 0 Å². The number of ether oxygens (including phenoxy) is 1. The molecule has 80 valence electrons. The van der Waals surface area contributed by atoms with Crippen molar-refractivity contribution in [2.45, 2.75) is 23.0 Å². The molecule has 3 unspecified atom stereocenters. The Morgan fingerprint density at radius 1 is 1.79 bits per heavy atom. The molecule has 0 aliphatic carbocycles. The van der Waals surface area contributed by atoms with E-state index in [1.165, 1.54) is 0 Å². The van der Waals surface area contributed by atoms with Crippen LogP contribution >= 0.6 is 20.0 Å². The summed E-state index contributed by atoms with van der Waals surface area (Å²) in [4.78, 5) is 8.75. The first-order valence-electron chi connectivity index (χ1n) is 4.39. The molecular formula is C6H12BO5PS. The van der Waals surface area contributed by atoms with Gasteiger partial charge in [0.15, 0.2) is 0 Å². The lowest BCUT2D eigenvalue weighted by molar-refractivity contribution is -0.0726. The number of hydrogen-bond acceptors (Lipinski definition) is 5. The Kier molecular flexibility index (Phi) is 2.99. The first-order valence-corrected chi connectivity index (χ1v) is 6.70. The van der Waals surface area contributed by atoms with Crippen LogP contribution in [-0.2, 0) is 13.8 Å². The maximum Gasteiger partial charge on any atom is 0.316 e. The molecule has 2 aliphatic rings. The second kappa shape index (κ2) is 3.81. The predicted molar refractivity (Wildman–Crippen MR) is 55.6 cm³/mol. The third kappa shape index (κ3) is 1.56. The van der Waals surface area contributed by atoms with Gasteiger partial charge in [0, 0.05) is 11.8 Å². The normalized spacial score (nSPS) is 48.3. The Hall–Kier alpha value is 0.485. The lowest BCUT2D eigenvalue weighted by Crippen LogP contribution is -2.44. The van der Waals surface area contributed by atoms with E-state index in [0.717, 1.165) is 0 Å². The summed E-state index contributed by atoms with van der Waals surface area (Å²) >= 11 is 1.63. The third-order valence-electron chi connectivity index (χ3n) is 2.72. The SMILES string of the molecule is B[C@@H]1O[C@@]2(CO)CSC1C2O[PH](=O)O. The molecule has 2 fully saturated rings. The monoisotopic (exact) mass is 238 g/mol. The summed E-state index contributed by atoms with van der Waals surface area (Å²) in [5.74, 6) is 0.623. The van der Waals surface area contributed by atoms with Crippen LogP contribution in [0.3, 0.4) is 0 Å². The molecule has 2 aliphatic heterocycles. The van der Waals surface area contributed by atoms with E-state index in [9.17, 15) is 9.67 Å². The number of hydrogen-bond donors (Lipinski definition) is 2. The second-order valence-corrected chi connectivity index (χ2v) is 5.56. The van der Waals surface area contributed by atoms with Gasteiger partial charge in [0.05, 0.1) is 11.9 Å². The molecule has 0 saturated carbocycles. The molecule has 8 heteroatoms. The molecule has 0 aromatic carbocycles. The van der Waals surface area contributed by atoms with Gasteiger partial charge in [0.2, 0.25) is 0 Å². The van der Waals surface area contributed by atoms with Crippen LogP contribution < -0.4 is 0 Å². The summed E-state index contributed by atoms with van der Waals surface area (Å²) < 4.78 is 21.2. The maximum absolute atomic E-state index is 10.7. The van der Waals surface area contributed by atoms with E-state index in [1.807, 2.05) is 7.85 Å². The highest BCUT2D eigenvalue weighted by molar-refractivity contribution is 8.00. The van der Waals surface area contributed by atoms with Crippen LogP contribution in [0.4, 0.5) is 0 Å². The van der Waals surface area contributed by atoms with Crippen molar-refractivity contribution in [1.29, 1.82) is 0 Å². The Morgan fingerprint density at radius 2 is 2.50 bits per heavy atom. The Morgan fingerprint density at radius 3 is 3.00 bits per heavy atom. The molecule has 2 bridgehead atoms. The molecule has 2 heterocycles. The fraction of sp³-hybridized carbons (Fsp3) is 1.00. The first-order chi connectivity index (χ1) is 6.59. The Balaban J connectivity index is 2.18. The highest BCUT2D eigenvalue weighted by Crippen LogP contribution is 2.50. The fourth-order valence-electron chi connectivity index (χ4n) is 2.08. The third-order valence-corrected chi connectivity index (χ3v) is 4.84. The van der Waals surface area contributed by atoms with Gasteiger partial charge in [-0.3, -0.25) is 4.57 Å². The van der Waals surface area contributed by atoms with Crippen LogP contribution in [0.1, 0.15) is 0 Å². The molecule has 5 nitrogen and oxygen atoms in total. The molecular weight excluding hydrogens is 226 g/mol. The van der Waals surface area contributed by atoms with Crippen LogP contribution in [0.5, 0.6) is 0 Å². The lowest BCUT2D eigenvalue weighted by Gasteiger charge is -2.28. The lowest BCUT2D eigenvalue weighted by atomic mass is 9.93. The van der Waals surface area contributed by atoms with Crippen LogP contribution in [0.2, 0.25) is 0 Å². The molecule has 5 atom stereocenters. The van der Waals surface area contributed by atoms with Crippen molar-refractivity contribution in [3.63, 3.8) is 0 Å². The van der Waals surface area contributed by atoms with Crippen LogP contribution in [0.15, 0.2) is 0 Å². The van der Waals surface area contributed by atoms with E-state index < -0.39 is 20.0 Å². The van der Waals surface area contributed by atoms with E-state index >= 15 is 0 Å². The number of aliphatic hydroxyl groups is 1. The number of fused-ring (bicyclic) bond motifs is 2. The van der Waals surface area contributed by atoms with E-state index in [-0.39, 0.29) is 17.9 Å². The van der Waals surface area contributed by atoms with Crippen molar-refractivity contribution < 1.29 is 23.8 Å².